The first-order chi connectivity index (χ1) is 5.72. The molecule has 1 unspecified atom stereocenters. The molecule has 0 aromatic heterocycles. The molecule has 0 spiro atoms. The molecule has 0 radical (unpaired) electrons. The number of amides is 1. The molecule has 0 heterocycles. The highest BCUT2D eigenvalue weighted by Gasteiger charge is 2.10. The number of rotatable bonds is 2. The lowest BCUT2D eigenvalue weighted by Crippen LogP contribution is -2.30. The van der Waals surface area contributed by atoms with Gasteiger partial charge in [0.1, 0.15) is 0 Å². The van der Waals surface area contributed by atoms with E-state index in [-0.39, 0.29) is 11.9 Å². The van der Waals surface area contributed by atoms with Crippen molar-refractivity contribution in [1.29, 1.82) is 0 Å². The first-order valence-corrected chi connectivity index (χ1v) is 4.18. The van der Waals surface area contributed by atoms with E-state index in [1.165, 1.54) is 12.0 Å². The summed E-state index contributed by atoms with van der Waals surface area (Å²) >= 11 is 0. The first-order valence-electron chi connectivity index (χ1n) is 4.18. The molecule has 1 rings (SSSR count). The summed E-state index contributed by atoms with van der Waals surface area (Å²) in [6.07, 6.45) is 10.1. The molecular formula is C10H13NO. The van der Waals surface area contributed by atoms with E-state index >= 15 is 0 Å². The Morgan fingerprint density at radius 3 is 2.83 bits per heavy atom. The van der Waals surface area contributed by atoms with Crippen LogP contribution >= 0.6 is 0 Å². The number of hydrogen-bond acceptors (Lipinski definition) is 1. The topological polar surface area (TPSA) is 29.1 Å². The summed E-state index contributed by atoms with van der Waals surface area (Å²) in [5.74, 6) is 2.38. The third-order valence-electron chi connectivity index (χ3n) is 1.94. The monoisotopic (exact) mass is 163 g/mol. The van der Waals surface area contributed by atoms with Gasteiger partial charge in [-0.1, -0.05) is 11.5 Å². The van der Waals surface area contributed by atoms with E-state index in [0.717, 1.165) is 12.8 Å². The van der Waals surface area contributed by atoms with Gasteiger partial charge in [-0.15, -0.1) is 6.42 Å². The zero-order valence-corrected chi connectivity index (χ0v) is 7.26. The van der Waals surface area contributed by atoms with Crippen molar-refractivity contribution in [3.63, 3.8) is 0 Å². The van der Waals surface area contributed by atoms with Crippen molar-refractivity contribution in [3.05, 3.63) is 11.6 Å². The molecular weight excluding hydrogens is 150 g/mol. The minimum absolute atomic E-state index is 0.0600. The Labute approximate surface area is 73.0 Å². The smallest absolute Gasteiger partial charge is 0.244 e. The molecule has 2 nitrogen and oxygen atoms in total. The minimum atomic E-state index is -0.172. The van der Waals surface area contributed by atoms with Gasteiger partial charge in [-0.25, -0.2) is 0 Å². The summed E-state index contributed by atoms with van der Waals surface area (Å²) < 4.78 is 0. The molecule has 1 aliphatic carbocycles. The van der Waals surface area contributed by atoms with Gasteiger partial charge < -0.3 is 5.32 Å². The van der Waals surface area contributed by atoms with Crippen molar-refractivity contribution in [1.82, 2.24) is 5.32 Å². The van der Waals surface area contributed by atoms with Gasteiger partial charge in [-0.3, -0.25) is 4.79 Å². The second kappa shape index (κ2) is 3.96. The number of carbonyl (C=O) groups excluding carboxylic acids is 1. The third-order valence-corrected chi connectivity index (χ3v) is 1.94. The van der Waals surface area contributed by atoms with Crippen LogP contribution in [0.2, 0.25) is 0 Å². The number of terminal acetylenes is 1. The SMILES string of the molecule is C#CC(C)NC(=O)C=C1CCC1. The first kappa shape index (κ1) is 8.86. The average Bonchev–Trinajstić information content (AvgIpc) is 1.97. The fraction of sp³-hybridized carbons (Fsp3) is 0.500. The second-order valence-electron chi connectivity index (χ2n) is 3.05. The Kier molecular flexibility index (Phi) is 2.93. The lowest BCUT2D eigenvalue weighted by Gasteiger charge is -2.15. The largest absolute Gasteiger partial charge is 0.339 e. The van der Waals surface area contributed by atoms with Gasteiger partial charge in [-0.2, -0.15) is 0 Å². The molecule has 1 aliphatic rings. The number of allylic oxidation sites excluding steroid dienone is 1. The van der Waals surface area contributed by atoms with E-state index < -0.39 is 0 Å². The maximum Gasteiger partial charge on any atom is 0.244 e. The number of nitrogens with one attached hydrogen (secondary N) is 1. The van der Waals surface area contributed by atoms with Crippen LogP contribution in [0.4, 0.5) is 0 Å². The van der Waals surface area contributed by atoms with Crippen LogP contribution in [0.5, 0.6) is 0 Å². The maximum atomic E-state index is 11.1. The highest BCUT2D eigenvalue weighted by molar-refractivity contribution is 5.88. The molecule has 0 aromatic rings. The number of hydrogen-bond donors (Lipinski definition) is 1. The molecule has 1 N–H and O–H groups in total. The normalized spacial score (nSPS) is 17.2. The zero-order valence-electron chi connectivity index (χ0n) is 7.26. The lowest BCUT2D eigenvalue weighted by atomic mass is 9.92. The quantitative estimate of drug-likeness (QED) is 0.481. The summed E-state index contributed by atoms with van der Waals surface area (Å²) in [6, 6.07) is -0.172. The van der Waals surface area contributed by atoms with Crippen LogP contribution in [0.3, 0.4) is 0 Å². The Bertz CT molecular complexity index is 241. The molecule has 1 fully saturated rings. The highest BCUT2D eigenvalue weighted by Crippen LogP contribution is 2.24. The Morgan fingerprint density at radius 1 is 1.75 bits per heavy atom. The van der Waals surface area contributed by atoms with Crippen LogP contribution in [-0.4, -0.2) is 11.9 Å². The van der Waals surface area contributed by atoms with Crippen molar-refractivity contribution >= 4 is 5.91 Å². The van der Waals surface area contributed by atoms with Crippen LogP contribution < -0.4 is 5.32 Å². The van der Waals surface area contributed by atoms with Gasteiger partial charge >= 0.3 is 0 Å². The summed E-state index contributed by atoms with van der Waals surface area (Å²) in [5, 5.41) is 2.68. The maximum absolute atomic E-state index is 11.1. The highest BCUT2D eigenvalue weighted by atomic mass is 16.1. The van der Waals surface area contributed by atoms with Crippen LogP contribution in [0, 0.1) is 12.3 Å². The van der Waals surface area contributed by atoms with Crippen LogP contribution in [0.15, 0.2) is 11.6 Å². The van der Waals surface area contributed by atoms with Crippen LogP contribution in [0.1, 0.15) is 26.2 Å². The number of carbonyl (C=O) groups is 1. The Balaban J connectivity index is 2.34. The van der Waals surface area contributed by atoms with Crippen molar-refractivity contribution in [2.45, 2.75) is 32.2 Å². The van der Waals surface area contributed by atoms with E-state index in [2.05, 4.69) is 11.2 Å². The van der Waals surface area contributed by atoms with E-state index in [0.29, 0.717) is 0 Å². The molecule has 0 saturated heterocycles. The predicted molar refractivity (Wildman–Crippen MR) is 48.4 cm³/mol. The minimum Gasteiger partial charge on any atom is -0.339 e. The van der Waals surface area contributed by atoms with Crippen molar-refractivity contribution in [2.75, 3.05) is 0 Å². The fourth-order valence-electron chi connectivity index (χ4n) is 1.01. The van der Waals surface area contributed by atoms with E-state index in [1.807, 2.05) is 0 Å². The van der Waals surface area contributed by atoms with Gasteiger partial charge in [0.05, 0.1) is 6.04 Å². The third kappa shape index (κ3) is 2.43. The zero-order chi connectivity index (χ0) is 8.97. The van der Waals surface area contributed by atoms with E-state index in [4.69, 9.17) is 6.42 Å². The Morgan fingerprint density at radius 2 is 2.42 bits per heavy atom. The summed E-state index contributed by atoms with van der Waals surface area (Å²) in [4.78, 5) is 11.1. The molecule has 1 amide bonds. The van der Waals surface area contributed by atoms with Gasteiger partial charge in [0.2, 0.25) is 5.91 Å². The molecule has 2 heteroatoms. The van der Waals surface area contributed by atoms with Gasteiger partial charge in [0.15, 0.2) is 0 Å². The predicted octanol–water partition coefficient (Wildman–Crippen LogP) is 1.23. The van der Waals surface area contributed by atoms with Gasteiger partial charge in [-0.05, 0) is 26.2 Å². The lowest BCUT2D eigenvalue weighted by molar-refractivity contribution is -0.116. The van der Waals surface area contributed by atoms with Crippen LogP contribution in [0.25, 0.3) is 0 Å². The second-order valence-corrected chi connectivity index (χ2v) is 3.05. The molecule has 1 atom stereocenters. The van der Waals surface area contributed by atoms with Crippen LogP contribution in [-0.2, 0) is 4.79 Å². The summed E-state index contributed by atoms with van der Waals surface area (Å²) in [6.45, 7) is 1.79. The molecule has 0 bridgehead atoms. The molecule has 64 valence electrons. The van der Waals surface area contributed by atoms with Gasteiger partial charge in [0.25, 0.3) is 0 Å². The molecule has 0 aromatic carbocycles. The van der Waals surface area contributed by atoms with E-state index in [9.17, 15) is 4.79 Å². The molecule has 0 aliphatic heterocycles. The standard InChI is InChI=1S/C10H13NO/c1-3-8(2)11-10(12)7-9-5-4-6-9/h1,7-8H,4-6H2,2H3,(H,11,12). The van der Waals surface area contributed by atoms with E-state index in [1.54, 1.807) is 13.0 Å². The van der Waals surface area contributed by atoms with Crippen molar-refractivity contribution in [2.24, 2.45) is 0 Å². The fourth-order valence-corrected chi connectivity index (χ4v) is 1.01. The van der Waals surface area contributed by atoms with Crippen molar-refractivity contribution < 1.29 is 4.79 Å². The summed E-state index contributed by atoms with van der Waals surface area (Å²) in [5.41, 5.74) is 1.23. The molecule has 12 heavy (non-hydrogen) atoms. The molecule has 1 saturated carbocycles. The van der Waals surface area contributed by atoms with Crippen molar-refractivity contribution in [3.8, 4) is 12.3 Å². The summed E-state index contributed by atoms with van der Waals surface area (Å²) in [7, 11) is 0. The average molecular weight is 163 g/mol. The van der Waals surface area contributed by atoms with Gasteiger partial charge in [0, 0.05) is 6.08 Å². The Hall–Kier alpha value is -1.23.